The first-order valence-electron chi connectivity index (χ1n) is 8.28. The summed E-state index contributed by atoms with van der Waals surface area (Å²) < 4.78 is 14.1. The molecule has 124 valence electrons. The zero-order valence-electron chi connectivity index (χ0n) is 15.3. The topological polar surface area (TPSA) is 0 Å². The monoisotopic (exact) mass is 312 g/mol. The number of hydrogen-bond donors (Lipinski definition) is 0. The highest BCUT2D eigenvalue weighted by molar-refractivity contribution is 5.78. The van der Waals surface area contributed by atoms with Crippen molar-refractivity contribution in [2.75, 3.05) is 0 Å². The van der Waals surface area contributed by atoms with Gasteiger partial charge in [0.1, 0.15) is 5.82 Å². The molecule has 0 bridgehead atoms. The zero-order chi connectivity index (χ0) is 17.6. The van der Waals surface area contributed by atoms with Crippen molar-refractivity contribution in [2.45, 2.75) is 48.0 Å². The minimum Gasteiger partial charge on any atom is -0.206 e. The second-order valence-corrected chi connectivity index (χ2v) is 6.20. The van der Waals surface area contributed by atoms with Gasteiger partial charge in [0.15, 0.2) is 0 Å². The predicted molar refractivity (Wildman–Crippen MR) is 102 cm³/mol. The molecule has 1 heteroatoms. The highest BCUT2D eigenvalue weighted by Crippen LogP contribution is 2.28. The maximum Gasteiger partial charge on any atom is 0.130 e. The molecular formula is C22H29F. The Balaban J connectivity index is 3.34. The van der Waals surface area contributed by atoms with E-state index in [1.165, 1.54) is 5.57 Å². The summed E-state index contributed by atoms with van der Waals surface area (Å²) in [6.45, 7) is 16.4. The average Bonchev–Trinajstić information content (AvgIpc) is 2.51. The molecule has 0 amide bonds. The lowest BCUT2D eigenvalue weighted by molar-refractivity contribution is 0.623. The van der Waals surface area contributed by atoms with E-state index in [2.05, 4.69) is 32.6 Å². The van der Waals surface area contributed by atoms with E-state index in [1.807, 2.05) is 45.9 Å². The van der Waals surface area contributed by atoms with E-state index in [9.17, 15) is 4.39 Å². The minimum absolute atomic E-state index is 0.164. The Hall–Kier alpha value is -1.89. The van der Waals surface area contributed by atoms with E-state index in [4.69, 9.17) is 0 Å². The van der Waals surface area contributed by atoms with E-state index in [0.717, 1.165) is 28.7 Å². The van der Waals surface area contributed by atoms with Crippen molar-refractivity contribution >= 4 is 11.6 Å². The molecule has 0 nitrogen and oxygen atoms in total. The molecule has 1 atom stereocenters. The van der Waals surface area contributed by atoms with Crippen LogP contribution in [0.5, 0.6) is 0 Å². The molecule has 1 aromatic carbocycles. The third-order valence-corrected chi connectivity index (χ3v) is 4.30. The first kappa shape index (κ1) is 19.2. The number of rotatable bonds is 6. The molecule has 0 aliphatic rings. The Morgan fingerprint density at radius 3 is 2.48 bits per heavy atom. The maximum atomic E-state index is 14.1. The van der Waals surface area contributed by atoms with Gasteiger partial charge in [0.05, 0.1) is 0 Å². The Morgan fingerprint density at radius 2 is 1.96 bits per heavy atom. The van der Waals surface area contributed by atoms with Crippen molar-refractivity contribution in [3.63, 3.8) is 0 Å². The van der Waals surface area contributed by atoms with Crippen LogP contribution in [0.1, 0.15) is 57.7 Å². The summed E-state index contributed by atoms with van der Waals surface area (Å²) in [5, 5.41) is 0. The molecule has 0 aromatic heterocycles. The van der Waals surface area contributed by atoms with Gasteiger partial charge in [-0.1, -0.05) is 55.9 Å². The SMILES string of the molecule is C=C(C)C(C)/C(C)=C\C(=C/C)c1cc(/C=C/CC)c(F)cc1C. The molecule has 0 saturated heterocycles. The van der Waals surface area contributed by atoms with Crippen molar-refractivity contribution in [3.8, 4) is 0 Å². The van der Waals surface area contributed by atoms with Gasteiger partial charge in [0.25, 0.3) is 0 Å². The first-order chi connectivity index (χ1) is 10.8. The van der Waals surface area contributed by atoms with Crippen LogP contribution >= 0.6 is 0 Å². The van der Waals surface area contributed by atoms with E-state index in [1.54, 1.807) is 6.07 Å². The summed E-state index contributed by atoms with van der Waals surface area (Å²) >= 11 is 0. The number of aryl methyl sites for hydroxylation is 1. The summed E-state index contributed by atoms with van der Waals surface area (Å²) in [7, 11) is 0. The highest BCUT2D eigenvalue weighted by Gasteiger charge is 2.10. The van der Waals surface area contributed by atoms with Crippen molar-refractivity contribution in [1.82, 2.24) is 0 Å². The second-order valence-electron chi connectivity index (χ2n) is 6.20. The van der Waals surface area contributed by atoms with Crippen LogP contribution in [-0.2, 0) is 0 Å². The average molecular weight is 312 g/mol. The molecule has 1 unspecified atom stereocenters. The molecule has 0 radical (unpaired) electrons. The highest BCUT2D eigenvalue weighted by atomic mass is 19.1. The lowest BCUT2D eigenvalue weighted by Gasteiger charge is -2.15. The van der Waals surface area contributed by atoms with E-state index < -0.39 is 0 Å². The molecule has 1 aromatic rings. The Bertz CT molecular complexity index is 657. The molecule has 0 aliphatic carbocycles. The number of halogens is 1. The van der Waals surface area contributed by atoms with Gasteiger partial charge in [-0.2, -0.15) is 0 Å². The minimum atomic E-state index is -0.164. The van der Waals surface area contributed by atoms with E-state index in [-0.39, 0.29) is 5.82 Å². The van der Waals surface area contributed by atoms with Crippen LogP contribution in [0.3, 0.4) is 0 Å². The summed E-state index contributed by atoms with van der Waals surface area (Å²) in [6, 6.07) is 3.57. The van der Waals surface area contributed by atoms with Gasteiger partial charge in [0.2, 0.25) is 0 Å². The largest absolute Gasteiger partial charge is 0.206 e. The van der Waals surface area contributed by atoms with Crippen LogP contribution in [0.15, 0.2) is 48.1 Å². The van der Waals surface area contributed by atoms with Crippen LogP contribution in [0, 0.1) is 18.7 Å². The lowest BCUT2D eigenvalue weighted by Crippen LogP contribution is -1.98. The zero-order valence-corrected chi connectivity index (χ0v) is 15.3. The first-order valence-corrected chi connectivity index (χ1v) is 8.28. The summed E-state index contributed by atoms with van der Waals surface area (Å²) in [6.07, 6.45) is 9.01. The van der Waals surface area contributed by atoms with Crippen molar-refractivity contribution < 1.29 is 4.39 Å². The van der Waals surface area contributed by atoms with Gasteiger partial charge < -0.3 is 0 Å². The Kier molecular flexibility index (Phi) is 7.22. The normalized spacial score (nSPS) is 14.4. The molecule has 0 spiro atoms. The van der Waals surface area contributed by atoms with Crippen LogP contribution in [0.2, 0.25) is 0 Å². The molecule has 1 rings (SSSR count). The Morgan fingerprint density at radius 1 is 1.30 bits per heavy atom. The van der Waals surface area contributed by atoms with Gasteiger partial charge >= 0.3 is 0 Å². The van der Waals surface area contributed by atoms with Crippen molar-refractivity contribution in [2.24, 2.45) is 5.92 Å². The Labute approximate surface area is 141 Å². The fourth-order valence-electron chi connectivity index (χ4n) is 2.45. The third-order valence-electron chi connectivity index (χ3n) is 4.30. The molecule has 0 fully saturated rings. The van der Waals surface area contributed by atoms with Crippen LogP contribution in [0.25, 0.3) is 11.6 Å². The molecule has 23 heavy (non-hydrogen) atoms. The van der Waals surface area contributed by atoms with Gasteiger partial charge in [-0.15, -0.1) is 0 Å². The molecule has 0 aliphatic heterocycles. The van der Waals surface area contributed by atoms with E-state index in [0.29, 0.717) is 11.5 Å². The molecule has 0 saturated carbocycles. The molecule has 0 N–H and O–H groups in total. The third kappa shape index (κ3) is 5.06. The standard InChI is InChI=1S/C22H29F/c1-8-10-11-20-14-21(17(6)13-22(20)23)19(9-2)12-16(5)18(7)15(3)4/h9-14,18H,3,8H2,1-2,4-7H3/b11-10+,16-12-,19-9+. The van der Waals surface area contributed by atoms with Crippen molar-refractivity contribution in [1.29, 1.82) is 0 Å². The van der Waals surface area contributed by atoms with Crippen LogP contribution < -0.4 is 0 Å². The molecular weight excluding hydrogens is 283 g/mol. The molecule has 0 heterocycles. The van der Waals surface area contributed by atoms with Crippen LogP contribution in [0.4, 0.5) is 4.39 Å². The summed E-state index contributed by atoms with van der Waals surface area (Å²) in [4.78, 5) is 0. The summed E-state index contributed by atoms with van der Waals surface area (Å²) in [5.74, 6) is 0.174. The predicted octanol–water partition coefficient (Wildman–Crippen LogP) is 7.12. The fraction of sp³-hybridized carbons (Fsp3) is 0.364. The van der Waals surface area contributed by atoms with Gasteiger partial charge in [-0.25, -0.2) is 4.39 Å². The fourth-order valence-corrected chi connectivity index (χ4v) is 2.45. The van der Waals surface area contributed by atoms with E-state index >= 15 is 0 Å². The second kappa shape index (κ2) is 8.67. The van der Waals surface area contributed by atoms with Gasteiger partial charge in [-0.05, 0) is 68.9 Å². The number of benzene rings is 1. The quantitative estimate of drug-likeness (QED) is 0.387. The van der Waals surface area contributed by atoms with Crippen molar-refractivity contribution in [3.05, 3.63) is 70.6 Å². The summed E-state index contributed by atoms with van der Waals surface area (Å²) in [5.41, 5.74) is 6.22. The smallest absolute Gasteiger partial charge is 0.130 e. The number of allylic oxidation sites excluding steroid dienone is 6. The van der Waals surface area contributed by atoms with Crippen LogP contribution in [-0.4, -0.2) is 0 Å². The lowest BCUT2D eigenvalue weighted by atomic mass is 9.91. The maximum absolute atomic E-state index is 14.1. The number of hydrogen-bond acceptors (Lipinski definition) is 0. The van der Waals surface area contributed by atoms with Gasteiger partial charge in [0, 0.05) is 5.56 Å². The van der Waals surface area contributed by atoms with Gasteiger partial charge in [-0.3, -0.25) is 0 Å².